The van der Waals surface area contributed by atoms with Crippen LogP contribution in [0.3, 0.4) is 0 Å². The molecule has 2 aromatic carbocycles. The molecule has 0 aromatic heterocycles. The first-order valence-corrected chi connectivity index (χ1v) is 8.50. The van der Waals surface area contributed by atoms with E-state index in [4.69, 9.17) is 0 Å². The number of esters is 1. The number of thioether (sulfide) groups is 1. The summed E-state index contributed by atoms with van der Waals surface area (Å²) < 4.78 is 17.5. The number of rotatable bonds is 7. The maximum Gasteiger partial charge on any atom is 0.337 e. The molecule has 1 N–H and O–H groups in total. The van der Waals surface area contributed by atoms with Gasteiger partial charge in [-0.2, -0.15) is 0 Å². The Kier molecular flexibility index (Phi) is 6.81. The van der Waals surface area contributed by atoms with Crippen LogP contribution in [0.4, 0.5) is 4.39 Å². The lowest BCUT2D eigenvalue weighted by Crippen LogP contribution is -2.24. The number of ether oxygens (including phenoxy) is 1. The Morgan fingerprint density at radius 2 is 1.88 bits per heavy atom. The second-order valence-electron chi connectivity index (χ2n) is 5.09. The molecule has 0 atom stereocenters. The van der Waals surface area contributed by atoms with Crippen molar-refractivity contribution in [1.29, 1.82) is 0 Å². The van der Waals surface area contributed by atoms with Gasteiger partial charge in [-0.1, -0.05) is 24.3 Å². The fraction of sp³-hybridized carbons (Fsp3) is 0.222. The van der Waals surface area contributed by atoms with Crippen molar-refractivity contribution >= 4 is 23.6 Å². The molecule has 0 heterocycles. The van der Waals surface area contributed by atoms with Crippen molar-refractivity contribution < 1.29 is 18.7 Å². The normalized spacial score (nSPS) is 10.2. The van der Waals surface area contributed by atoms with Crippen LogP contribution in [0.2, 0.25) is 0 Å². The first-order chi connectivity index (χ1) is 11.6. The number of carbonyl (C=O) groups excluding carboxylic acids is 2. The predicted octanol–water partition coefficient (Wildman–Crippen LogP) is 3.16. The molecule has 0 saturated carbocycles. The van der Waals surface area contributed by atoms with Crippen molar-refractivity contribution in [1.82, 2.24) is 5.32 Å². The highest BCUT2D eigenvalue weighted by molar-refractivity contribution is 7.99. The summed E-state index contributed by atoms with van der Waals surface area (Å²) in [6.07, 6.45) is 0. The molecular formula is C18H18FNO3S. The van der Waals surface area contributed by atoms with Crippen LogP contribution in [0.25, 0.3) is 0 Å². The van der Waals surface area contributed by atoms with E-state index in [1.54, 1.807) is 30.3 Å². The van der Waals surface area contributed by atoms with Gasteiger partial charge in [-0.05, 0) is 35.4 Å². The van der Waals surface area contributed by atoms with Crippen molar-refractivity contribution in [2.45, 2.75) is 12.3 Å². The molecule has 24 heavy (non-hydrogen) atoms. The van der Waals surface area contributed by atoms with E-state index in [1.807, 2.05) is 6.07 Å². The average Bonchev–Trinajstić information content (AvgIpc) is 2.61. The molecule has 0 aliphatic heterocycles. The lowest BCUT2D eigenvalue weighted by Gasteiger charge is -2.06. The SMILES string of the molecule is COC(=O)c1cccc(CSCC(=O)NCc2ccc(F)cc2)c1. The van der Waals surface area contributed by atoms with Gasteiger partial charge in [0.2, 0.25) is 5.91 Å². The zero-order valence-corrected chi connectivity index (χ0v) is 14.1. The van der Waals surface area contributed by atoms with Gasteiger partial charge in [0.1, 0.15) is 5.82 Å². The molecule has 1 amide bonds. The lowest BCUT2D eigenvalue weighted by atomic mass is 10.1. The van der Waals surface area contributed by atoms with Crippen molar-refractivity contribution in [2.24, 2.45) is 0 Å². The molecule has 126 valence electrons. The fourth-order valence-corrected chi connectivity index (χ4v) is 2.83. The second kappa shape index (κ2) is 9.08. The van der Waals surface area contributed by atoms with Gasteiger partial charge in [-0.3, -0.25) is 4.79 Å². The molecular weight excluding hydrogens is 329 g/mol. The molecule has 0 saturated heterocycles. The first-order valence-electron chi connectivity index (χ1n) is 7.34. The number of hydrogen-bond donors (Lipinski definition) is 1. The monoisotopic (exact) mass is 347 g/mol. The molecule has 0 spiro atoms. The average molecular weight is 347 g/mol. The summed E-state index contributed by atoms with van der Waals surface area (Å²) in [4.78, 5) is 23.3. The first kappa shape index (κ1) is 18.0. The van der Waals surface area contributed by atoms with E-state index in [0.717, 1.165) is 11.1 Å². The fourth-order valence-electron chi connectivity index (χ4n) is 2.02. The summed E-state index contributed by atoms with van der Waals surface area (Å²) in [5, 5.41) is 2.79. The Hall–Kier alpha value is -2.34. The highest BCUT2D eigenvalue weighted by Crippen LogP contribution is 2.14. The number of halogens is 1. The third-order valence-electron chi connectivity index (χ3n) is 3.25. The summed E-state index contributed by atoms with van der Waals surface area (Å²) in [7, 11) is 1.34. The Labute approximate surface area is 144 Å². The predicted molar refractivity (Wildman–Crippen MR) is 92.2 cm³/mol. The minimum atomic E-state index is -0.376. The van der Waals surface area contributed by atoms with Crippen LogP contribution in [-0.2, 0) is 21.8 Å². The molecule has 0 aliphatic rings. The quantitative estimate of drug-likeness (QED) is 0.782. The van der Waals surface area contributed by atoms with Gasteiger partial charge in [-0.15, -0.1) is 11.8 Å². The van der Waals surface area contributed by atoms with Gasteiger partial charge in [0.15, 0.2) is 0 Å². The maximum absolute atomic E-state index is 12.8. The summed E-state index contributed by atoms with van der Waals surface area (Å²) >= 11 is 1.46. The van der Waals surface area contributed by atoms with Crippen LogP contribution in [0.5, 0.6) is 0 Å². The van der Waals surface area contributed by atoms with Crippen molar-refractivity contribution in [3.63, 3.8) is 0 Å². The molecule has 0 fully saturated rings. The smallest absolute Gasteiger partial charge is 0.337 e. The minimum Gasteiger partial charge on any atom is -0.465 e. The van der Waals surface area contributed by atoms with Crippen molar-refractivity contribution in [2.75, 3.05) is 12.9 Å². The molecule has 0 bridgehead atoms. The summed E-state index contributed by atoms with van der Waals surface area (Å²) in [6.45, 7) is 0.373. The number of carbonyl (C=O) groups is 2. The van der Waals surface area contributed by atoms with Crippen molar-refractivity contribution in [3.8, 4) is 0 Å². The van der Waals surface area contributed by atoms with Crippen LogP contribution >= 0.6 is 11.8 Å². The van der Waals surface area contributed by atoms with E-state index >= 15 is 0 Å². The van der Waals surface area contributed by atoms with Gasteiger partial charge in [0, 0.05) is 12.3 Å². The maximum atomic E-state index is 12.8. The summed E-state index contributed by atoms with van der Waals surface area (Å²) in [5.41, 5.74) is 2.30. The molecule has 0 radical (unpaired) electrons. The number of amides is 1. The molecule has 2 rings (SSSR count). The number of methoxy groups -OCH3 is 1. The van der Waals surface area contributed by atoms with Crippen LogP contribution < -0.4 is 5.32 Å². The Bertz CT molecular complexity index is 704. The number of hydrogen-bond acceptors (Lipinski definition) is 4. The Morgan fingerprint density at radius 3 is 2.58 bits per heavy atom. The van der Waals surface area contributed by atoms with Gasteiger partial charge in [0.25, 0.3) is 0 Å². The molecule has 4 nitrogen and oxygen atoms in total. The Balaban J connectivity index is 1.74. The van der Waals surface area contributed by atoms with Crippen LogP contribution in [-0.4, -0.2) is 24.7 Å². The minimum absolute atomic E-state index is 0.0894. The van der Waals surface area contributed by atoms with Crippen LogP contribution in [0, 0.1) is 5.82 Å². The highest BCUT2D eigenvalue weighted by atomic mass is 32.2. The molecule has 0 aliphatic carbocycles. The lowest BCUT2D eigenvalue weighted by molar-refractivity contribution is -0.118. The largest absolute Gasteiger partial charge is 0.465 e. The van der Waals surface area contributed by atoms with E-state index in [0.29, 0.717) is 23.6 Å². The van der Waals surface area contributed by atoms with E-state index in [-0.39, 0.29) is 17.7 Å². The molecule has 6 heteroatoms. The van der Waals surface area contributed by atoms with E-state index in [2.05, 4.69) is 10.1 Å². The summed E-state index contributed by atoms with van der Waals surface area (Å²) in [6, 6.07) is 13.1. The van der Waals surface area contributed by atoms with Crippen molar-refractivity contribution in [3.05, 3.63) is 71.0 Å². The Morgan fingerprint density at radius 1 is 1.12 bits per heavy atom. The second-order valence-corrected chi connectivity index (χ2v) is 6.07. The third kappa shape index (κ3) is 5.70. The van der Waals surface area contributed by atoms with Gasteiger partial charge >= 0.3 is 5.97 Å². The zero-order chi connectivity index (χ0) is 17.4. The third-order valence-corrected chi connectivity index (χ3v) is 4.26. The molecule has 0 unspecified atom stereocenters. The number of nitrogens with one attached hydrogen (secondary N) is 1. The molecule has 2 aromatic rings. The van der Waals surface area contributed by atoms with E-state index < -0.39 is 0 Å². The van der Waals surface area contributed by atoms with Crippen LogP contribution in [0.1, 0.15) is 21.5 Å². The highest BCUT2D eigenvalue weighted by Gasteiger charge is 2.07. The van der Waals surface area contributed by atoms with E-state index in [9.17, 15) is 14.0 Å². The standard InChI is InChI=1S/C18H18FNO3S/c1-23-18(22)15-4-2-3-14(9-15)11-24-12-17(21)20-10-13-5-7-16(19)8-6-13/h2-9H,10-12H2,1H3,(H,20,21). The topological polar surface area (TPSA) is 55.4 Å². The van der Waals surface area contributed by atoms with E-state index in [1.165, 1.54) is 31.0 Å². The van der Waals surface area contributed by atoms with Gasteiger partial charge in [-0.25, -0.2) is 9.18 Å². The van der Waals surface area contributed by atoms with Gasteiger partial charge < -0.3 is 10.1 Å². The zero-order valence-electron chi connectivity index (χ0n) is 13.3. The summed E-state index contributed by atoms with van der Waals surface area (Å²) in [5.74, 6) is 0.167. The van der Waals surface area contributed by atoms with Crippen LogP contribution in [0.15, 0.2) is 48.5 Å². The number of benzene rings is 2. The van der Waals surface area contributed by atoms with Gasteiger partial charge in [0.05, 0.1) is 18.4 Å².